The monoisotopic (exact) mass is 355 g/mol. The van der Waals surface area contributed by atoms with Crippen molar-refractivity contribution in [1.82, 2.24) is 0 Å². The van der Waals surface area contributed by atoms with Gasteiger partial charge in [-0.2, -0.15) is 13.2 Å². The Hall–Kier alpha value is -0.770. The van der Waals surface area contributed by atoms with Crippen molar-refractivity contribution in [3.63, 3.8) is 0 Å². The number of hydrogen-bond donors (Lipinski definition) is 1. The van der Waals surface area contributed by atoms with Crippen LogP contribution in [-0.4, -0.2) is 11.9 Å². The summed E-state index contributed by atoms with van der Waals surface area (Å²) in [5.41, 5.74) is 0.388. The summed E-state index contributed by atoms with van der Waals surface area (Å²) in [6, 6.07) is 1.77. The lowest BCUT2D eigenvalue weighted by Gasteiger charge is -2.16. The predicted octanol–water partition coefficient (Wildman–Crippen LogP) is 4.54. The van der Waals surface area contributed by atoms with Crippen LogP contribution in [0.15, 0.2) is 21.5 Å². The van der Waals surface area contributed by atoms with Gasteiger partial charge in [0.1, 0.15) is 0 Å². The van der Waals surface area contributed by atoms with E-state index < -0.39 is 34.3 Å². The van der Waals surface area contributed by atoms with Crippen LogP contribution in [-0.2, 0) is 0 Å². The first-order valence-corrected chi connectivity index (χ1v) is 5.69. The van der Waals surface area contributed by atoms with Crippen LogP contribution >= 0.6 is 27.7 Å². The minimum Gasteiger partial charge on any atom is -0.403 e. The van der Waals surface area contributed by atoms with E-state index in [0.29, 0.717) is 0 Å². The highest BCUT2D eigenvalue weighted by Crippen LogP contribution is 2.46. The van der Waals surface area contributed by atoms with Gasteiger partial charge in [0.25, 0.3) is 0 Å². The average Bonchev–Trinajstić information content (AvgIpc) is 2.06. The SMILES string of the molecule is Nc1cc(Br)c(OC(F)(F)F)c(SC(F)(F)F)c1. The third-order valence-corrected chi connectivity index (χ3v) is 2.82. The summed E-state index contributed by atoms with van der Waals surface area (Å²) in [4.78, 5) is -0.772. The van der Waals surface area contributed by atoms with E-state index in [1.54, 1.807) is 0 Å². The highest BCUT2D eigenvalue weighted by molar-refractivity contribution is 9.10. The standard InChI is InChI=1S/C8H4BrF6NOS/c9-4-1-3(16)2-5(18-8(13,14)15)6(4)17-7(10,11)12/h1-2H,16H2. The largest absolute Gasteiger partial charge is 0.573 e. The smallest absolute Gasteiger partial charge is 0.403 e. The molecule has 1 aromatic carbocycles. The molecule has 2 nitrogen and oxygen atoms in total. The fourth-order valence-electron chi connectivity index (χ4n) is 1.00. The van der Waals surface area contributed by atoms with Crippen LogP contribution in [0, 0.1) is 0 Å². The molecule has 1 rings (SSSR count). The molecule has 0 saturated carbocycles. The minimum atomic E-state index is -5.10. The topological polar surface area (TPSA) is 35.2 Å². The highest BCUT2D eigenvalue weighted by atomic mass is 79.9. The second-order valence-electron chi connectivity index (χ2n) is 2.93. The van der Waals surface area contributed by atoms with E-state index in [1.165, 1.54) is 0 Å². The predicted molar refractivity (Wildman–Crippen MR) is 57.1 cm³/mol. The van der Waals surface area contributed by atoms with E-state index in [9.17, 15) is 26.3 Å². The Morgan fingerprint density at radius 1 is 1.11 bits per heavy atom. The number of nitrogen functional groups attached to an aromatic ring is 1. The Balaban J connectivity index is 3.21. The van der Waals surface area contributed by atoms with Gasteiger partial charge in [-0.1, -0.05) is 0 Å². The molecule has 0 aromatic heterocycles. The Morgan fingerprint density at radius 2 is 1.67 bits per heavy atom. The van der Waals surface area contributed by atoms with Gasteiger partial charge in [-0.15, -0.1) is 13.2 Å². The number of rotatable bonds is 2. The summed E-state index contributed by atoms with van der Waals surface area (Å²) in [5, 5.41) is 0. The van der Waals surface area contributed by atoms with Gasteiger partial charge in [0.15, 0.2) is 5.75 Å². The van der Waals surface area contributed by atoms with Crippen LogP contribution in [0.1, 0.15) is 0 Å². The molecule has 18 heavy (non-hydrogen) atoms. The summed E-state index contributed by atoms with van der Waals surface area (Å²) < 4.78 is 76.0. The van der Waals surface area contributed by atoms with Crippen molar-refractivity contribution in [3.05, 3.63) is 16.6 Å². The molecule has 0 aliphatic rings. The number of nitrogens with two attached hydrogens (primary N) is 1. The summed E-state index contributed by atoms with van der Waals surface area (Å²) >= 11 is 1.93. The molecule has 0 bridgehead atoms. The van der Waals surface area contributed by atoms with Crippen LogP contribution in [0.2, 0.25) is 0 Å². The van der Waals surface area contributed by atoms with E-state index in [4.69, 9.17) is 5.73 Å². The summed E-state index contributed by atoms with van der Waals surface area (Å²) in [6.45, 7) is 0. The zero-order valence-corrected chi connectivity index (χ0v) is 10.6. The van der Waals surface area contributed by atoms with Crippen molar-refractivity contribution < 1.29 is 31.1 Å². The Bertz CT molecular complexity index is 446. The number of halogens is 7. The van der Waals surface area contributed by atoms with Gasteiger partial charge in [-0.25, -0.2) is 0 Å². The Morgan fingerprint density at radius 3 is 2.11 bits per heavy atom. The number of benzene rings is 1. The van der Waals surface area contributed by atoms with Crippen molar-refractivity contribution in [2.75, 3.05) is 5.73 Å². The van der Waals surface area contributed by atoms with Crippen molar-refractivity contribution in [2.45, 2.75) is 16.8 Å². The fourth-order valence-corrected chi connectivity index (χ4v) is 2.38. The zero-order valence-electron chi connectivity index (χ0n) is 8.19. The van der Waals surface area contributed by atoms with Gasteiger partial charge in [0.05, 0.1) is 9.37 Å². The molecule has 2 N–H and O–H groups in total. The van der Waals surface area contributed by atoms with Crippen LogP contribution < -0.4 is 10.5 Å². The van der Waals surface area contributed by atoms with Crippen LogP contribution in [0.5, 0.6) is 5.75 Å². The molecule has 0 fully saturated rings. The number of hydrogen-bond acceptors (Lipinski definition) is 3. The maximum atomic E-state index is 12.2. The maximum Gasteiger partial charge on any atom is 0.573 e. The van der Waals surface area contributed by atoms with Crippen molar-refractivity contribution in [1.29, 1.82) is 0 Å². The summed E-state index contributed by atoms with van der Waals surface area (Å²) in [5.74, 6) is -0.973. The number of ether oxygens (including phenoxy) is 1. The molecular formula is C8H4BrF6NOS. The first kappa shape index (κ1) is 15.3. The van der Waals surface area contributed by atoms with Gasteiger partial charge < -0.3 is 10.5 Å². The lowest BCUT2D eigenvalue weighted by molar-refractivity contribution is -0.275. The molecule has 10 heteroatoms. The molecule has 0 heterocycles. The molecule has 0 spiro atoms. The van der Waals surface area contributed by atoms with Gasteiger partial charge >= 0.3 is 11.9 Å². The normalized spacial score (nSPS) is 12.6. The number of alkyl halides is 6. The minimum absolute atomic E-state index is 0.122. The molecule has 1 aromatic rings. The molecule has 0 atom stereocenters. The number of thioether (sulfide) groups is 1. The van der Waals surface area contributed by atoms with E-state index >= 15 is 0 Å². The molecule has 0 radical (unpaired) electrons. The van der Waals surface area contributed by atoms with Gasteiger partial charge in [0.2, 0.25) is 0 Å². The molecule has 102 valence electrons. The lowest BCUT2D eigenvalue weighted by Crippen LogP contribution is -2.18. The summed E-state index contributed by atoms with van der Waals surface area (Å²) in [7, 11) is 0. The zero-order chi connectivity index (χ0) is 14.1. The Kier molecular flexibility index (Phi) is 4.31. The Labute approximate surface area is 110 Å². The van der Waals surface area contributed by atoms with Crippen LogP contribution in [0.4, 0.5) is 32.0 Å². The number of anilines is 1. The average molecular weight is 356 g/mol. The lowest BCUT2D eigenvalue weighted by atomic mass is 10.3. The second kappa shape index (κ2) is 5.08. The highest BCUT2D eigenvalue weighted by Gasteiger charge is 2.36. The van der Waals surface area contributed by atoms with Crippen molar-refractivity contribution >= 4 is 33.4 Å². The fraction of sp³-hybridized carbons (Fsp3) is 0.250. The third kappa shape index (κ3) is 4.84. The van der Waals surface area contributed by atoms with E-state index in [0.717, 1.165) is 12.1 Å². The molecule has 0 saturated heterocycles. The molecule has 0 aliphatic carbocycles. The van der Waals surface area contributed by atoms with Gasteiger partial charge in [-0.05, 0) is 39.8 Å². The van der Waals surface area contributed by atoms with E-state index in [2.05, 4.69) is 20.7 Å². The molecule has 0 amide bonds. The maximum absolute atomic E-state index is 12.2. The van der Waals surface area contributed by atoms with Crippen molar-refractivity contribution in [3.8, 4) is 5.75 Å². The quantitative estimate of drug-likeness (QED) is 0.480. The van der Waals surface area contributed by atoms with E-state index in [1.807, 2.05) is 0 Å². The molecule has 0 aliphatic heterocycles. The van der Waals surface area contributed by atoms with Crippen LogP contribution in [0.25, 0.3) is 0 Å². The summed E-state index contributed by atoms with van der Waals surface area (Å²) in [6.07, 6.45) is -5.10. The first-order chi connectivity index (χ1) is 7.98. The van der Waals surface area contributed by atoms with Gasteiger partial charge in [-0.3, -0.25) is 0 Å². The third-order valence-electron chi connectivity index (χ3n) is 1.48. The molecular weight excluding hydrogens is 352 g/mol. The first-order valence-electron chi connectivity index (χ1n) is 4.08. The van der Waals surface area contributed by atoms with Gasteiger partial charge in [0, 0.05) is 5.69 Å². The van der Waals surface area contributed by atoms with E-state index in [-0.39, 0.29) is 10.2 Å². The second-order valence-corrected chi connectivity index (χ2v) is 4.89. The molecule has 0 unspecified atom stereocenters. The van der Waals surface area contributed by atoms with Crippen molar-refractivity contribution in [2.24, 2.45) is 0 Å². The van der Waals surface area contributed by atoms with Crippen LogP contribution in [0.3, 0.4) is 0 Å².